The maximum atomic E-state index is 12.4. The van der Waals surface area contributed by atoms with Gasteiger partial charge in [0.05, 0.1) is 6.04 Å². The predicted octanol–water partition coefficient (Wildman–Crippen LogP) is 2.79. The zero-order valence-electron chi connectivity index (χ0n) is 19.9. The normalized spacial score (nSPS) is 14.1. The van der Waals surface area contributed by atoms with Gasteiger partial charge >= 0.3 is 12.1 Å². The lowest BCUT2D eigenvalue weighted by molar-refractivity contribution is -0.143. The highest BCUT2D eigenvalue weighted by molar-refractivity contribution is 5.75. The molecule has 0 saturated heterocycles. The topological polar surface area (TPSA) is 111 Å². The Bertz CT molecular complexity index is 895. The van der Waals surface area contributed by atoms with Crippen LogP contribution in [0.2, 0.25) is 0 Å². The second-order valence-corrected chi connectivity index (χ2v) is 9.19. The molecule has 2 aromatic carbocycles. The molecule has 0 heterocycles. The van der Waals surface area contributed by atoms with E-state index in [1.165, 1.54) is 0 Å². The van der Waals surface area contributed by atoms with Crippen molar-refractivity contribution >= 4 is 17.7 Å². The zero-order valence-corrected chi connectivity index (χ0v) is 19.9. The molecule has 8 nitrogen and oxygen atoms in total. The molecule has 8 heteroatoms. The van der Waals surface area contributed by atoms with E-state index in [9.17, 15) is 19.8 Å². The Kier molecular flexibility index (Phi) is 9.25. The van der Waals surface area contributed by atoms with Gasteiger partial charge in [-0.3, -0.25) is 10.1 Å². The first-order valence-electron chi connectivity index (χ1n) is 10.9. The average Bonchev–Trinajstić information content (AvgIpc) is 2.72. The van der Waals surface area contributed by atoms with Crippen molar-refractivity contribution in [1.82, 2.24) is 10.6 Å². The highest BCUT2D eigenvalue weighted by atomic mass is 16.6. The number of carbonyl (C=O) groups excluding carboxylic acids is 1. The Labute approximate surface area is 195 Å². The third kappa shape index (κ3) is 8.75. The van der Waals surface area contributed by atoms with Crippen LogP contribution in [0, 0.1) is 0 Å². The number of alkyl carbamates (subject to hydrolysis) is 1. The fraction of sp³-hybridized carbons (Fsp3) is 0.440. The van der Waals surface area contributed by atoms with Gasteiger partial charge in [0.2, 0.25) is 0 Å². The largest absolute Gasteiger partial charge is 0.480 e. The number of nitrogens with one attached hydrogen (secondary N) is 2. The summed E-state index contributed by atoms with van der Waals surface area (Å²) < 4.78 is 5.32. The molecule has 0 fully saturated rings. The first-order valence-corrected chi connectivity index (χ1v) is 10.9. The van der Waals surface area contributed by atoms with E-state index >= 15 is 0 Å². The number of rotatable bonds is 10. The molecule has 2 aromatic rings. The van der Waals surface area contributed by atoms with Crippen LogP contribution >= 0.6 is 0 Å². The number of ether oxygens (including phenoxy) is 1. The number of benzene rings is 2. The molecular weight excluding hydrogens is 422 g/mol. The van der Waals surface area contributed by atoms with Crippen molar-refractivity contribution < 1.29 is 24.5 Å². The number of anilines is 1. The minimum Gasteiger partial charge on any atom is -0.480 e. The quantitative estimate of drug-likeness (QED) is 0.434. The van der Waals surface area contributed by atoms with Gasteiger partial charge in [-0.2, -0.15) is 0 Å². The summed E-state index contributed by atoms with van der Waals surface area (Å²) in [5.74, 6) is -1.21. The van der Waals surface area contributed by atoms with Crippen molar-refractivity contribution in [3.8, 4) is 0 Å². The van der Waals surface area contributed by atoms with Crippen LogP contribution in [0.4, 0.5) is 10.5 Å². The molecule has 0 aromatic heterocycles. The number of nitrogens with zero attached hydrogens (tertiary/aromatic N) is 1. The molecule has 0 radical (unpaired) electrons. The Hall–Kier alpha value is -3.10. The van der Waals surface area contributed by atoms with Crippen LogP contribution in [0.25, 0.3) is 0 Å². The molecule has 0 aliphatic carbocycles. The molecule has 0 spiro atoms. The summed E-state index contributed by atoms with van der Waals surface area (Å²) in [5, 5.41) is 26.4. The van der Waals surface area contributed by atoms with E-state index in [1.54, 1.807) is 20.8 Å². The monoisotopic (exact) mass is 457 g/mol. The number of amides is 1. The van der Waals surface area contributed by atoms with Crippen molar-refractivity contribution in [2.45, 2.75) is 57.5 Å². The summed E-state index contributed by atoms with van der Waals surface area (Å²) in [5.41, 5.74) is 2.02. The van der Waals surface area contributed by atoms with E-state index in [0.717, 1.165) is 16.8 Å². The van der Waals surface area contributed by atoms with Crippen molar-refractivity contribution in [2.24, 2.45) is 0 Å². The van der Waals surface area contributed by atoms with Crippen LogP contribution in [-0.4, -0.2) is 60.2 Å². The lowest BCUT2D eigenvalue weighted by Gasteiger charge is -2.30. The molecule has 0 aliphatic rings. The number of carbonyl (C=O) groups is 2. The first kappa shape index (κ1) is 26.2. The predicted molar refractivity (Wildman–Crippen MR) is 128 cm³/mol. The fourth-order valence-electron chi connectivity index (χ4n) is 3.31. The lowest BCUT2D eigenvalue weighted by Crippen LogP contribution is -2.57. The van der Waals surface area contributed by atoms with E-state index < -0.39 is 35.9 Å². The van der Waals surface area contributed by atoms with E-state index in [4.69, 9.17) is 4.74 Å². The third-order valence-corrected chi connectivity index (χ3v) is 5.00. The molecule has 2 rings (SSSR count). The van der Waals surface area contributed by atoms with Crippen LogP contribution in [0.5, 0.6) is 0 Å². The van der Waals surface area contributed by atoms with Crippen molar-refractivity contribution in [1.29, 1.82) is 0 Å². The summed E-state index contributed by atoms with van der Waals surface area (Å²) in [6.07, 6.45) is -1.88. The second kappa shape index (κ2) is 11.7. The molecule has 3 atom stereocenters. The van der Waals surface area contributed by atoms with Crippen LogP contribution in [-0.2, 0) is 22.5 Å². The molecular formula is C25H35N3O5. The van der Waals surface area contributed by atoms with Gasteiger partial charge in [0.1, 0.15) is 17.7 Å². The van der Waals surface area contributed by atoms with E-state index in [1.807, 2.05) is 73.6 Å². The summed E-state index contributed by atoms with van der Waals surface area (Å²) in [6.45, 7) is 5.45. The first-order chi connectivity index (χ1) is 15.5. The number of aliphatic hydroxyl groups is 1. The van der Waals surface area contributed by atoms with Crippen LogP contribution in [0.1, 0.15) is 31.9 Å². The average molecular weight is 458 g/mol. The summed E-state index contributed by atoms with van der Waals surface area (Å²) in [6, 6.07) is 14.7. The minimum atomic E-state index is -1.41. The van der Waals surface area contributed by atoms with Crippen molar-refractivity contribution in [2.75, 3.05) is 19.0 Å². The third-order valence-electron chi connectivity index (χ3n) is 5.00. The van der Waals surface area contributed by atoms with Crippen molar-refractivity contribution in [3.63, 3.8) is 0 Å². The van der Waals surface area contributed by atoms with Crippen LogP contribution in [0.3, 0.4) is 0 Å². The summed E-state index contributed by atoms with van der Waals surface area (Å²) in [4.78, 5) is 26.4. The van der Waals surface area contributed by atoms with Gasteiger partial charge in [-0.1, -0.05) is 42.5 Å². The molecule has 33 heavy (non-hydrogen) atoms. The Morgan fingerprint density at radius 2 is 1.61 bits per heavy atom. The number of hydrogen-bond donors (Lipinski definition) is 4. The molecule has 0 aliphatic heterocycles. The standard InChI is InChI=1S/C25H35N3O5/c1-25(2,3)33-24(32)27-20(15-17-9-7-6-8-10-17)22(29)21(23(30)31)26-16-18-11-13-19(14-12-18)28(4)5/h6-14,20-22,26,29H,15-16H2,1-5H3,(H,27,32)(H,30,31)/t20-,21+,22-/m0/s1. The van der Waals surface area contributed by atoms with Gasteiger partial charge in [-0.25, -0.2) is 4.79 Å². The Morgan fingerprint density at radius 3 is 2.12 bits per heavy atom. The Balaban J connectivity index is 2.16. The summed E-state index contributed by atoms with van der Waals surface area (Å²) >= 11 is 0. The lowest BCUT2D eigenvalue weighted by atomic mass is 9.96. The second-order valence-electron chi connectivity index (χ2n) is 9.19. The number of aliphatic carboxylic acids is 1. The van der Waals surface area contributed by atoms with E-state index in [-0.39, 0.29) is 13.0 Å². The number of hydrogen-bond acceptors (Lipinski definition) is 6. The summed E-state index contributed by atoms with van der Waals surface area (Å²) in [7, 11) is 3.88. The van der Waals surface area contributed by atoms with E-state index in [2.05, 4.69) is 10.6 Å². The van der Waals surface area contributed by atoms with Crippen molar-refractivity contribution in [3.05, 3.63) is 65.7 Å². The molecule has 180 valence electrons. The SMILES string of the molecule is CN(C)c1ccc(CN[C@@H](C(=O)O)[C@@H](O)[C@H](Cc2ccccc2)NC(=O)OC(C)(C)C)cc1. The highest BCUT2D eigenvalue weighted by Crippen LogP contribution is 2.15. The fourth-order valence-corrected chi connectivity index (χ4v) is 3.31. The van der Waals surface area contributed by atoms with Gasteiger partial charge in [0, 0.05) is 26.3 Å². The molecule has 1 amide bonds. The maximum Gasteiger partial charge on any atom is 0.407 e. The molecule has 0 saturated carbocycles. The number of carboxylic acids is 1. The van der Waals surface area contributed by atoms with Gasteiger partial charge < -0.3 is 25.2 Å². The van der Waals surface area contributed by atoms with Crippen LogP contribution < -0.4 is 15.5 Å². The smallest absolute Gasteiger partial charge is 0.407 e. The molecule has 0 unspecified atom stereocenters. The molecule has 0 bridgehead atoms. The number of aliphatic hydroxyl groups excluding tert-OH is 1. The van der Waals surface area contributed by atoms with Gasteiger partial charge in [0.25, 0.3) is 0 Å². The van der Waals surface area contributed by atoms with Gasteiger partial charge in [-0.15, -0.1) is 0 Å². The minimum absolute atomic E-state index is 0.240. The Morgan fingerprint density at radius 1 is 1.00 bits per heavy atom. The zero-order chi connectivity index (χ0) is 24.6. The van der Waals surface area contributed by atoms with Gasteiger partial charge in [-0.05, 0) is 50.5 Å². The van der Waals surface area contributed by atoms with E-state index in [0.29, 0.717) is 0 Å². The molecule has 4 N–H and O–H groups in total. The highest BCUT2D eigenvalue weighted by Gasteiger charge is 2.34. The number of carboxylic acid groups (broad SMARTS) is 1. The van der Waals surface area contributed by atoms with Crippen LogP contribution in [0.15, 0.2) is 54.6 Å². The maximum absolute atomic E-state index is 12.4. The van der Waals surface area contributed by atoms with Gasteiger partial charge in [0.15, 0.2) is 0 Å².